The standard InChI is InChI=1S/C11H10N4O3/c1-11(2,18)8-6(5-12)9-13-4-3-7(10(16)17)15(9)14-8/h3-4,18H,1-2H3,(H,16,17). The number of aromatic nitrogens is 3. The molecule has 0 atom stereocenters. The number of carbonyl (C=O) groups is 1. The van der Waals surface area contributed by atoms with Gasteiger partial charge in [-0.1, -0.05) is 0 Å². The minimum absolute atomic E-state index is 0.0746. The van der Waals surface area contributed by atoms with E-state index in [1.807, 2.05) is 6.07 Å². The van der Waals surface area contributed by atoms with E-state index in [9.17, 15) is 9.90 Å². The Balaban J connectivity index is 2.90. The molecule has 7 nitrogen and oxygen atoms in total. The molecule has 7 heteroatoms. The lowest BCUT2D eigenvalue weighted by Gasteiger charge is -2.13. The lowest BCUT2D eigenvalue weighted by atomic mass is 10.0. The molecule has 92 valence electrons. The van der Waals surface area contributed by atoms with Crippen molar-refractivity contribution in [1.29, 1.82) is 5.26 Å². The van der Waals surface area contributed by atoms with Crippen LogP contribution in [0, 0.1) is 11.3 Å². The molecule has 2 heterocycles. The SMILES string of the molecule is CC(C)(O)c1nn2c(C(=O)O)ccnc2c1C#N. The van der Waals surface area contributed by atoms with Gasteiger partial charge in [-0.2, -0.15) is 10.4 Å². The normalized spacial score (nSPS) is 11.4. The summed E-state index contributed by atoms with van der Waals surface area (Å²) in [4.78, 5) is 15.0. The molecule has 0 bridgehead atoms. The molecule has 18 heavy (non-hydrogen) atoms. The van der Waals surface area contributed by atoms with Gasteiger partial charge in [-0.3, -0.25) is 0 Å². The van der Waals surface area contributed by atoms with Crippen LogP contribution in [-0.2, 0) is 5.60 Å². The number of nitriles is 1. The van der Waals surface area contributed by atoms with E-state index in [-0.39, 0.29) is 22.6 Å². The summed E-state index contributed by atoms with van der Waals surface area (Å²) in [6.07, 6.45) is 1.29. The van der Waals surface area contributed by atoms with E-state index in [0.717, 1.165) is 4.52 Å². The highest BCUT2D eigenvalue weighted by molar-refractivity contribution is 5.86. The van der Waals surface area contributed by atoms with Crippen LogP contribution in [0.3, 0.4) is 0 Å². The first-order valence-corrected chi connectivity index (χ1v) is 5.10. The Bertz CT molecular complexity index is 676. The Morgan fingerprint density at radius 3 is 2.72 bits per heavy atom. The summed E-state index contributed by atoms with van der Waals surface area (Å²) in [6.45, 7) is 2.94. The molecule has 0 aliphatic carbocycles. The Kier molecular flexibility index (Phi) is 2.52. The van der Waals surface area contributed by atoms with Crippen LogP contribution in [0.1, 0.15) is 35.6 Å². The Morgan fingerprint density at radius 1 is 1.56 bits per heavy atom. The lowest BCUT2D eigenvalue weighted by Crippen LogP contribution is -2.18. The van der Waals surface area contributed by atoms with Gasteiger partial charge in [0.1, 0.15) is 22.9 Å². The Morgan fingerprint density at radius 2 is 2.22 bits per heavy atom. The molecule has 2 N–H and O–H groups in total. The van der Waals surface area contributed by atoms with Crippen LogP contribution < -0.4 is 0 Å². The van der Waals surface area contributed by atoms with Gasteiger partial charge in [0, 0.05) is 6.20 Å². The van der Waals surface area contributed by atoms with Crippen LogP contribution in [0.2, 0.25) is 0 Å². The molecule has 0 spiro atoms. The zero-order chi connectivity index (χ0) is 13.5. The van der Waals surface area contributed by atoms with Crippen LogP contribution in [0.4, 0.5) is 0 Å². The van der Waals surface area contributed by atoms with Crippen molar-refractivity contribution >= 4 is 11.6 Å². The average molecular weight is 246 g/mol. The van der Waals surface area contributed by atoms with Crippen molar-refractivity contribution in [3.63, 3.8) is 0 Å². The predicted molar refractivity (Wildman–Crippen MR) is 59.9 cm³/mol. The molecule has 0 fully saturated rings. The van der Waals surface area contributed by atoms with Gasteiger partial charge in [-0.15, -0.1) is 0 Å². The molecule has 0 aliphatic rings. The highest BCUT2D eigenvalue weighted by Gasteiger charge is 2.28. The maximum absolute atomic E-state index is 11.0. The van der Waals surface area contributed by atoms with Gasteiger partial charge in [-0.25, -0.2) is 14.3 Å². The molecule has 0 amide bonds. The van der Waals surface area contributed by atoms with Gasteiger partial charge in [0.25, 0.3) is 0 Å². The molecule has 0 aliphatic heterocycles. The van der Waals surface area contributed by atoms with E-state index < -0.39 is 11.6 Å². The van der Waals surface area contributed by atoms with Crippen molar-refractivity contribution in [1.82, 2.24) is 14.6 Å². The molecule has 2 rings (SSSR count). The molecule has 2 aromatic rings. The van der Waals surface area contributed by atoms with Crippen molar-refractivity contribution in [2.45, 2.75) is 19.4 Å². The van der Waals surface area contributed by atoms with E-state index in [0.29, 0.717) is 0 Å². The summed E-state index contributed by atoms with van der Waals surface area (Å²) in [5.74, 6) is -1.18. The highest BCUT2D eigenvalue weighted by Crippen LogP contribution is 2.24. The second-order valence-electron chi connectivity index (χ2n) is 4.27. The van der Waals surface area contributed by atoms with Gasteiger partial charge >= 0.3 is 5.97 Å². The fraction of sp³-hybridized carbons (Fsp3) is 0.273. The monoisotopic (exact) mass is 246 g/mol. The third-order valence-corrected chi connectivity index (χ3v) is 2.43. The number of hydrogen-bond acceptors (Lipinski definition) is 5. The molecule has 0 saturated heterocycles. The van der Waals surface area contributed by atoms with Crippen molar-refractivity contribution in [3.8, 4) is 6.07 Å². The van der Waals surface area contributed by atoms with Crippen LogP contribution in [0.5, 0.6) is 0 Å². The van der Waals surface area contributed by atoms with E-state index in [1.165, 1.54) is 26.1 Å². The number of carboxylic acids is 1. The number of fused-ring (bicyclic) bond motifs is 1. The van der Waals surface area contributed by atoms with Crippen molar-refractivity contribution < 1.29 is 15.0 Å². The zero-order valence-electron chi connectivity index (χ0n) is 9.75. The first kappa shape index (κ1) is 12.0. The Hall–Kier alpha value is -2.46. The number of carboxylic acid groups (broad SMARTS) is 1. The summed E-state index contributed by atoms with van der Waals surface area (Å²) >= 11 is 0. The summed E-state index contributed by atoms with van der Waals surface area (Å²) in [7, 11) is 0. The first-order chi connectivity index (χ1) is 8.36. The Labute approximate surface area is 102 Å². The fourth-order valence-corrected chi connectivity index (χ4v) is 1.64. The second-order valence-corrected chi connectivity index (χ2v) is 4.27. The quantitative estimate of drug-likeness (QED) is 0.799. The van der Waals surface area contributed by atoms with Gasteiger partial charge in [0.05, 0.1) is 0 Å². The topological polar surface area (TPSA) is 112 Å². The summed E-state index contributed by atoms with van der Waals surface area (Å²) in [6, 6.07) is 3.17. The number of rotatable bonds is 2. The predicted octanol–water partition coefficient (Wildman–Crippen LogP) is 0.527. The lowest BCUT2D eigenvalue weighted by molar-refractivity contribution is 0.0675. The number of nitrogens with zero attached hydrogens (tertiary/aromatic N) is 4. The van der Waals surface area contributed by atoms with Crippen molar-refractivity contribution in [2.24, 2.45) is 0 Å². The minimum atomic E-state index is -1.35. The van der Waals surface area contributed by atoms with Crippen molar-refractivity contribution in [2.75, 3.05) is 0 Å². The first-order valence-electron chi connectivity index (χ1n) is 5.10. The third-order valence-electron chi connectivity index (χ3n) is 2.43. The third kappa shape index (κ3) is 1.69. The summed E-state index contributed by atoms with van der Waals surface area (Å²) < 4.78 is 1.05. The minimum Gasteiger partial charge on any atom is -0.477 e. The molecule has 0 unspecified atom stereocenters. The molecule has 0 radical (unpaired) electrons. The maximum atomic E-state index is 11.0. The van der Waals surface area contributed by atoms with Crippen LogP contribution in [0.15, 0.2) is 12.3 Å². The summed E-state index contributed by atoms with van der Waals surface area (Å²) in [5.41, 5.74) is -1.17. The molecule has 0 aromatic carbocycles. The van der Waals surface area contributed by atoms with Crippen LogP contribution in [-0.4, -0.2) is 30.8 Å². The fourth-order valence-electron chi connectivity index (χ4n) is 1.64. The molecule has 2 aromatic heterocycles. The average Bonchev–Trinajstić information content (AvgIpc) is 2.66. The van der Waals surface area contributed by atoms with Gasteiger partial charge in [0.15, 0.2) is 11.3 Å². The second kappa shape index (κ2) is 3.78. The van der Waals surface area contributed by atoms with Gasteiger partial charge < -0.3 is 10.2 Å². The highest BCUT2D eigenvalue weighted by atomic mass is 16.4. The van der Waals surface area contributed by atoms with Crippen LogP contribution in [0.25, 0.3) is 5.65 Å². The van der Waals surface area contributed by atoms with Gasteiger partial charge in [-0.05, 0) is 19.9 Å². The molecular weight excluding hydrogens is 236 g/mol. The number of hydrogen-bond donors (Lipinski definition) is 2. The smallest absolute Gasteiger partial charge is 0.354 e. The maximum Gasteiger partial charge on any atom is 0.354 e. The van der Waals surface area contributed by atoms with Crippen LogP contribution >= 0.6 is 0 Å². The zero-order valence-corrected chi connectivity index (χ0v) is 9.75. The molecular formula is C11H10N4O3. The van der Waals surface area contributed by atoms with E-state index in [1.54, 1.807) is 0 Å². The molecule has 0 saturated carbocycles. The van der Waals surface area contributed by atoms with E-state index >= 15 is 0 Å². The largest absolute Gasteiger partial charge is 0.477 e. The van der Waals surface area contributed by atoms with E-state index in [2.05, 4.69) is 10.1 Å². The number of aliphatic hydroxyl groups is 1. The summed E-state index contributed by atoms with van der Waals surface area (Å²) in [5, 5.41) is 32.0. The van der Waals surface area contributed by atoms with Gasteiger partial charge in [0.2, 0.25) is 0 Å². The number of aromatic carboxylic acids is 1. The van der Waals surface area contributed by atoms with E-state index in [4.69, 9.17) is 10.4 Å². The van der Waals surface area contributed by atoms with Crippen molar-refractivity contribution in [3.05, 3.63) is 29.2 Å².